The lowest BCUT2D eigenvalue weighted by Crippen LogP contribution is -2.30. The van der Waals surface area contributed by atoms with E-state index in [0.717, 1.165) is 5.56 Å². The number of anilines is 1. The zero-order valence-corrected chi connectivity index (χ0v) is 9.60. The number of nitrogens with one attached hydrogen (secondary N) is 2. The fourth-order valence-corrected chi connectivity index (χ4v) is 2.05. The Kier molecular flexibility index (Phi) is 3.42. The third-order valence-corrected chi connectivity index (χ3v) is 2.89. The van der Waals surface area contributed by atoms with E-state index >= 15 is 0 Å². The molecular formula is C12H16N2O3. The Bertz CT molecular complexity index is 434. The molecule has 0 fully saturated rings. The molecular weight excluding hydrogens is 220 g/mol. The first-order valence-corrected chi connectivity index (χ1v) is 5.56. The van der Waals surface area contributed by atoms with Crippen molar-refractivity contribution < 1.29 is 15.0 Å². The van der Waals surface area contributed by atoms with Gasteiger partial charge in [0.2, 0.25) is 5.91 Å². The van der Waals surface area contributed by atoms with E-state index in [1.54, 1.807) is 19.2 Å². The van der Waals surface area contributed by atoms with Crippen LogP contribution in [0.1, 0.15) is 17.2 Å². The molecule has 0 spiro atoms. The quantitative estimate of drug-likeness (QED) is 0.583. The highest BCUT2D eigenvalue weighted by Gasteiger charge is 2.26. The molecule has 1 aliphatic heterocycles. The van der Waals surface area contributed by atoms with E-state index in [9.17, 15) is 15.0 Å². The maximum atomic E-state index is 11.3. The fraction of sp³-hybridized carbons (Fsp3) is 0.417. The van der Waals surface area contributed by atoms with Gasteiger partial charge in [0.15, 0.2) is 0 Å². The normalized spacial score (nSPS) is 17.5. The van der Waals surface area contributed by atoms with Gasteiger partial charge in [0.1, 0.15) is 6.10 Å². The highest BCUT2D eigenvalue weighted by molar-refractivity contribution is 6.00. The number of fused-ring (bicyclic) bond motifs is 1. The van der Waals surface area contributed by atoms with Gasteiger partial charge >= 0.3 is 0 Å². The summed E-state index contributed by atoms with van der Waals surface area (Å²) in [5.74, 6) is -0.0808. The highest BCUT2D eigenvalue weighted by atomic mass is 16.3. The Hall–Kier alpha value is -1.43. The minimum absolute atomic E-state index is 0.0808. The average molecular weight is 236 g/mol. The zero-order valence-electron chi connectivity index (χ0n) is 9.60. The van der Waals surface area contributed by atoms with Crippen LogP contribution in [0.15, 0.2) is 18.2 Å². The van der Waals surface area contributed by atoms with Crippen LogP contribution in [0.2, 0.25) is 0 Å². The zero-order chi connectivity index (χ0) is 12.4. The van der Waals surface area contributed by atoms with Gasteiger partial charge in [-0.2, -0.15) is 0 Å². The van der Waals surface area contributed by atoms with Gasteiger partial charge < -0.3 is 20.8 Å². The monoisotopic (exact) mass is 236 g/mol. The van der Waals surface area contributed by atoms with Crippen molar-refractivity contribution in [1.29, 1.82) is 0 Å². The molecule has 4 N–H and O–H groups in total. The number of para-hydroxylation sites is 1. The summed E-state index contributed by atoms with van der Waals surface area (Å²) < 4.78 is 0. The summed E-state index contributed by atoms with van der Waals surface area (Å²) >= 11 is 0. The second-order valence-corrected chi connectivity index (χ2v) is 4.18. The van der Waals surface area contributed by atoms with Gasteiger partial charge in [-0.15, -0.1) is 0 Å². The molecule has 1 aromatic rings. The molecule has 0 aliphatic carbocycles. The molecule has 1 amide bonds. The third-order valence-electron chi connectivity index (χ3n) is 2.89. The van der Waals surface area contributed by atoms with Crippen molar-refractivity contribution in [2.75, 3.05) is 18.9 Å². The molecule has 92 valence electrons. The van der Waals surface area contributed by atoms with Gasteiger partial charge in [0, 0.05) is 12.1 Å². The largest absolute Gasteiger partial charge is 0.389 e. The Morgan fingerprint density at radius 1 is 1.47 bits per heavy atom. The smallest absolute Gasteiger partial charge is 0.228 e. The first-order valence-electron chi connectivity index (χ1n) is 5.56. The van der Waals surface area contributed by atoms with E-state index in [1.807, 2.05) is 6.07 Å². The minimum atomic E-state index is -1.00. The summed E-state index contributed by atoms with van der Waals surface area (Å²) in [7, 11) is 1.70. The highest BCUT2D eigenvalue weighted by Crippen LogP contribution is 2.32. The third kappa shape index (κ3) is 2.31. The number of aliphatic hydroxyl groups excluding tert-OH is 2. The molecule has 0 radical (unpaired) electrons. The summed E-state index contributed by atoms with van der Waals surface area (Å²) in [6.45, 7) is 0.290. The maximum Gasteiger partial charge on any atom is 0.228 e. The number of benzene rings is 1. The number of carbonyl (C=O) groups is 1. The first-order chi connectivity index (χ1) is 8.13. The summed E-state index contributed by atoms with van der Waals surface area (Å²) in [5, 5.41) is 25.3. The summed E-state index contributed by atoms with van der Waals surface area (Å²) in [6, 6.07) is 5.34. The molecule has 0 saturated carbocycles. The van der Waals surface area contributed by atoms with E-state index in [2.05, 4.69) is 10.6 Å². The molecule has 1 aliphatic rings. The number of aliphatic hydroxyl groups is 2. The van der Waals surface area contributed by atoms with Gasteiger partial charge in [-0.05, 0) is 12.6 Å². The van der Waals surface area contributed by atoms with Crippen LogP contribution in [-0.4, -0.2) is 35.8 Å². The molecule has 0 bridgehead atoms. The van der Waals surface area contributed by atoms with E-state index in [1.165, 1.54) is 0 Å². The Morgan fingerprint density at radius 2 is 2.24 bits per heavy atom. The molecule has 2 atom stereocenters. The van der Waals surface area contributed by atoms with E-state index < -0.39 is 12.2 Å². The number of carbonyl (C=O) groups excluding carboxylic acids is 1. The van der Waals surface area contributed by atoms with Crippen molar-refractivity contribution in [3.8, 4) is 0 Å². The van der Waals surface area contributed by atoms with Gasteiger partial charge in [-0.1, -0.05) is 18.2 Å². The van der Waals surface area contributed by atoms with E-state index in [0.29, 0.717) is 24.2 Å². The SMILES string of the molecule is CNCC(O)C(O)c1cccc2c1NC(=O)C2. The lowest BCUT2D eigenvalue weighted by atomic mass is 9.99. The molecule has 17 heavy (non-hydrogen) atoms. The predicted octanol–water partition coefficient (Wildman–Crippen LogP) is -0.205. The van der Waals surface area contributed by atoms with Gasteiger partial charge in [0.25, 0.3) is 0 Å². The van der Waals surface area contributed by atoms with Crippen LogP contribution in [0.3, 0.4) is 0 Å². The molecule has 5 heteroatoms. The second-order valence-electron chi connectivity index (χ2n) is 4.18. The van der Waals surface area contributed by atoms with Crippen LogP contribution in [0, 0.1) is 0 Å². The average Bonchev–Trinajstić information content (AvgIpc) is 2.68. The van der Waals surface area contributed by atoms with E-state index in [-0.39, 0.29) is 5.91 Å². The lowest BCUT2D eigenvalue weighted by molar-refractivity contribution is -0.115. The Balaban J connectivity index is 2.28. The van der Waals surface area contributed by atoms with Crippen molar-refractivity contribution in [1.82, 2.24) is 5.32 Å². The molecule has 1 aromatic carbocycles. The van der Waals surface area contributed by atoms with Gasteiger partial charge in [0.05, 0.1) is 18.2 Å². The van der Waals surface area contributed by atoms with Crippen LogP contribution in [0.5, 0.6) is 0 Å². The van der Waals surface area contributed by atoms with E-state index in [4.69, 9.17) is 0 Å². The number of hydrogen-bond donors (Lipinski definition) is 4. The van der Waals surface area contributed by atoms with Crippen LogP contribution in [0.4, 0.5) is 5.69 Å². The first kappa shape index (κ1) is 12.0. The van der Waals surface area contributed by atoms with Crippen molar-refractivity contribution in [3.63, 3.8) is 0 Å². The van der Waals surface area contributed by atoms with Gasteiger partial charge in [-0.25, -0.2) is 0 Å². The van der Waals surface area contributed by atoms with Crippen LogP contribution < -0.4 is 10.6 Å². The van der Waals surface area contributed by atoms with Crippen LogP contribution in [0.25, 0.3) is 0 Å². The molecule has 2 unspecified atom stereocenters. The van der Waals surface area contributed by atoms with Crippen molar-refractivity contribution in [2.45, 2.75) is 18.6 Å². The van der Waals surface area contributed by atoms with Crippen molar-refractivity contribution in [3.05, 3.63) is 29.3 Å². The topological polar surface area (TPSA) is 81.6 Å². The lowest BCUT2D eigenvalue weighted by Gasteiger charge is -2.20. The maximum absolute atomic E-state index is 11.3. The van der Waals surface area contributed by atoms with Gasteiger partial charge in [-0.3, -0.25) is 4.79 Å². The standard InChI is InChI=1S/C12H16N2O3/c1-13-6-9(15)12(17)8-4-2-3-7-5-10(16)14-11(7)8/h2-4,9,12-13,15,17H,5-6H2,1H3,(H,14,16). The Morgan fingerprint density at radius 3 is 2.94 bits per heavy atom. The summed E-state index contributed by atoms with van der Waals surface area (Å²) in [4.78, 5) is 11.3. The number of amides is 1. The number of rotatable bonds is 4. The minimum Gasteiger partial charge on any atom is -0.389 e. The second kappa shape index (κ2) is 4.83. The van der Waals surface area contributed by atoms with Crippen LogP contribution in [-0.2, 0) is 11.2 Å². The molecule has 0 saturated heterocycles. The van der Waals surface area contributed by atoms with Crippen molar-refractivity contribution >= 4 is 11.6 Å². The molecule has 1 heterocycles. The molecule has 0 aromatic heterocycles. The predicted molar refractivity (Wildman–Crippen MR) is 63.7 cm³/mol. The fourth-order valence-electron chi connectivity index (χ4n) is 2.05. The summed E-state index contributed by atoms with van der Waals surface area (Å²) in [5.41, 5.74) is 2.07. The number of hydrogen-bond acceptors (Lipinski definition) is 4. The molecule has 5 nitrogen and oxygen atoms in total. The van der Waals surface area contributed by atoms with Crippen LogP contribution >= 0.6 is 0 Å². The Labute approximate surface area is 99.5 Å². The molecule has 2 rings (SSSR count). The summed E-state index contributed by atoms with van der Waals surface area (Å²) in [6.07, 6.45) is -1.57. The van der Waals surface area contributed by atoms with Crippen molar-refractivity contribution in [2.24, 2.45) is 0 Å². The number of likely N-dealkylation sites (N-methyl/N-ethyl adjacent to an activating group) is 1.